The summed E-state index contributed by atoms with van der Waals surface area (Å²) >= 11 is 0. The summed E-state index contributed by atoms with van der Waals surface area (Å²) < 4.78 is 16.5. The van der Waals surface area contributed by atoms with Gasteiger partial charge in [-0.1, -0.05) is 20.3 Å². The Hall–Kier alpha value is -3.22. The SMILES string of the molecule is COc1ccc(C(=O)Nc2n[nH]c3cc(OC(C)CCCC(C)C)ccc23)cc1OC. The molecule has 0 aliphatic carbocycles. The van der Waals surface area contributed by atoms with Crippen LogP contribution < -0.4 is 19.5 Å². The van der Waals surface area contributed by atoms with Crippen molar-refractivity contribution in [3.8, 4) is 17.2 Å². The average molecular weight is 426 g/mol. The second-order valence-corrected chi connectivity index (χ2v) is 8.06. The molecule has 1 unspecified atom stereocenters. The van der Waals surface area contributed by atoms with E-state index in [4.69, 9.17) is 14.2 Å². The number of amides is 1. The van der Waals surface area contributed by atoms with Crippen molar-refractivity contribution in [3.63, 3.8) is 0 Å². The summed E-state index contributed by atoms with van der Waals surface area (Å²) in [5.74, 6) is 2.73. The standard InChI is InChI=1S/C24H31N3O4/c1-15(2)7-6-8-16(3)31-18-10-11-19-20(14-18)26-27-23(19)25-24(28)17-9-12-21(29-4)22(13-17)30-5/h9-16H,6-8H2,1-5H3,(H2,25,26,27,28). The summed E-state index contributed by atoms with van der Waals surface area (Å²) in [4.78, 5) is 12.7. The number of aromatic amines is 1. The third-order valence-corrected chi connectivity index (χ3v) is 5.14. The van der Waals surface area contributed by atoms with Gasteiger partial charge in [-0.3, -0.25) is 9.89 Å². The number of benzene rings is 2. The van der Waals surface area contributed by atoms with E-state index in [1.165, 1.54) is 13.5 Å². The molecule has 0 saturated carbocycles. The minimum absolute atomic E-state index is 0.142. The molecule has 0 fully saturated rings. The normalized spacial score (nSPS) is 12.1. The molecule has 0 bridgehead atoms. The second kappa shape index (κ2) is 10.2. The number of H-pyrrole nitrogens is 1. The molecule has 31 heavy (non-hydrogen) atoms. The lowest BCUT2D eigenvalue weighted by Gasteiger charge is -2.15. The lowest BCUT2D eigenvalue weighted by atomic mass is 10.0. The molecule has 1 amide bonds. The maximum absolute atomic E-state index is 12.7. The number of anilines is 1. The Morgan fingerprint density at radius 2 is 1.81 bits per heavy atom. The zero-order valence-corrected chi connectivity index (χ0v) is 18.8. The fourth-order valence-corrected chi connectivity index (χ4v) is 3.43. The molecule has 7 heteroatoms. The second-order valence-electron chi connectivity index (χ2n) is 8.06. The van der Waals surface area contributed by atoms with Crippen molar-refractivity contribution in [1.82, 2.24) is 10.2 Å². The van der Waals surface area contributed by atoms with Crippen LogP contribution in [0, 0.1) is 5.92 Å². The molecule has 2 N–H and O–H groups in total. The molecule has 0 spiro atoms. The lowest BCUT2D eigenvalue weighted by molar-refractivity contribution is 0.102. The Morgan fingerprint density at radius 3 is 2.52 bits per heavy atom. The largest absolute Gasteiger partial charge is 0.493 e. The predicted octanol–water partition coefficient (Wildman–Crippen LogP) is 5.43. The molecule has 1 atom stereocenters. The summed E-state index contributed by atoms with van der Waals surface area (Å²) in [6.45, 7) is 6.56. The van der Waals surface area contributed by atoms with Gasteiger partial charge in [0.2, 0.25) is 0 Å². The summed E-state index contributed by atoms with van der Waals surface area (Å²) in [7, 11) is 3.09. The van der Waals surface area contributed by atoms with Crippen molar-refractivity contribution in [2.45, 2.75) is 46.1 Å². The number of rotatable bonds is 10. The van der Waals surface area contributed by atoms with E-state index in [1.807, 2.05) is 18.2 Å². The summed E-state index contributed by atoms with van der Waals surface area (Å²) in [6, 6.07) is 10.7. The summed E-state index contributed by atoms with van der Waals surface area (Å²) in [5, 5.41) is 10.9. The van der Waals surface area contributed by atoms with Crippen LogP contribution in [0.2, 0.25) is 0 Å². The van der Waals surface area contributed by atoms with Crippen LogP contribution in [0.1, 0.15) is 50.4 Å². The number of nitrogens with one attached hydrogen (secondary N) is 2. The van der Waals surface area contributed by atoms with Crippen molar-refractivity contribution < 1.29 is 19.0 Å². The topological polar surface area (TPSA) is 85.5 Å². The molecular formula is C24H31N3O4. The van der Waals surface area contributed by atoms with Crippen LogP contribution in [0.15, 0.2) is 36.4 Å². The number of methoxy groups -OCH3 is 2. The summed E-state index contributed by atoms with van der Waals surface area (Å²) in [5.41, 5.74) is 1.25. The van der Waals surface area contributed by atoms with Gasteiger partial charge in [-0.05, 0) is 56.0 Å². The minimum Gasteiger partial charge on any atom is -0.493 e. The third-order valence-electron chi connectivity index (χ3n) is 5.14. The maximum Gasteiger partial charge on any atom is 0.257 e. The zero-order chi connectivity index (χ0) is 22.4. The van der Waals surface area contributed by atoms with Crippen LogP contribution in [0.3, 0.4) is 0 Å². The number of carbonyl (C=O) groups excluding carboxylic acids is 1. The van der Waals surface area contributed by atoms with Gasteiger partial charge in [0.1, 0.15) is 5.75 Å². The first kappa shape index (κ1) is 22.5. The van der Waals surface area contributed by atoms with E-state index < -0.39 is 0 Å². The van der Waals surface area contributed by atoms with Crippen molar-refractivity contribution in [1.29, 1.82) is 0 Å². The van der Waals surface area contributed by atoms with E-state index in [1.54, 1.807) is 25.3 Å². The first-order chi connectivity index (χ1) is 14.9. The number of fused-ring (bicyclic) bond motifs is 1. The highest BCUT2D eigenvalue weighted by Gasteiger charge is 2.15. The van der Waals surface area contributed by atoms with Crippen LogP contribution in [0.4, 0.5) is 5.82 Å². The van der Waals surface area contributed by atoms with Crippen LogP contribution in [0.25, 0.3) is 10.9 Å². The number of carbonyl (C=O) groups is 1. The van der Waals surface area contributed by atoms with E-state index in [9.17, 15) is 4.79 Å². The highest BCUT2D eigenvalue weighted by molar-refractivity contribution is 6.08. The van der Waals surface area contributed by atoms with E-state index >= 15 is 0 Å². The molecule has 0 saturated heterocycles. The van der Waals surface area contributed by atoms with Crippen molar-refractivity contribution in [3.05, 3.63) is 42.0 Å². The third kappa shape index (κ3) is 5.69. The molecule has 2 aromatic carbocycles. The smallest absolute Gasteiger partial charge is 0.257 e. The van der Waals surface area contributed by atoms with Crippen molar-refractivity contribution >= 4 is 22.6 Å². The average Bonchev–Trinajstić information content (AvgIpc) is 3.14. The first-order valence-corrected chi connectivity index (χ1v) is 10.6. The van der Waals surface area contributed by atoms with Crippen LogP contribution in [-0.4, -0.2) is 36.4 Å². The van der Waals surface area contributed by atoms with E-state index in [0.717, 1.165) is 29.5 Å². The highest BCUT2D eigenvalue weighted by atomic mass is 16.5. The van der Waals surface area contributed by atoms with E-state index in [-0.39, 0.29) is 12.0 Å². The molecule has 7 nitrogen and oxygen atoms in total. The van der Waals surface area contributed by atoms with Gasteiger partial charge in [0.05, 0.1) is 25.8 Å². The number of hydrogen-bond acceptors (Lipinski definition) is 5. The molecule has 1 heterocycles. The first-order valence-electron chi connectivity index (χ1n) is 10.6. The fraction of sp³-hybridized carbons (Fsp3) is 0.417. The van der Waals surface area contributed by atoms with E-state index in [0.29, 0.717) is 28.8 Å². The predicted molar refractivity (Wildman–Crippen MR) is 122 cm³/mol. The van der Waals surface area contributed by atoms with Crippen molar-refractivity contribution in [2.24, 2.45) is 5.92 Å². The Morgan fingerprint density at radius 1 is 1.03 bits per heavy atom. The maximum atomic E-state index is 12.7. The Kier molecular flexibility index (Phi) is 7.39. The summed E-state index contributed by atoms with van der Waals surface area (Å²) in [6.07, 6.45) is 3.52. The highest BCUT2D eigenvalue weighted by Crippen LogP contribution is 2.29. The van der Waals surface area contributed by atoms with Gasteiger partial charge in [-0.25, -0.2) is 0 Å². The lowest BCUT2D eigenvalue weighted by Crippen LogP contribution is -2.13. The fourth-order valence-electron chi connectivity index (χ4n) is 3.43. The van der Waals surface area contributed by atoms with Gasteiger partial charge < -0.3 is 19.5 Å². The molecule has 0 radical (unpaired) electrons. The van der Waals surface area contributed by atoms with Gasteiger partial charge in [-0.2, -0.15) is 5.10 Å². The van der Waals surface area contributed by atoms with Gasteiger partial charge in [0, 0.05) is 17.0 Å². The van der Waals surface area contributed by atoms with Crippen LogP contribution >= 0.6 is 0 Å². The van der Waals surface area contributed by atoms with Crippen LogP contribution in [0.5, 0.6) is 17.2 Å². The van der Waals surface area contributed by atoms with Gasteiger partial charge in [0.25, 0.3) is 5.91 Å². The number of aromatic nitrogens is 2. The van der Waals surface area contributed by atoms with Gasteiger partial charge >= 0.3 is 0 Å². The van der Waals surface area contributed by atoms with Gasteiger partial charge in [0.15, 0.2) is 17.3 Å². The quantitative estimate of drug-likeness (QED) is 0.453. The molecule has 3 aromatic rings. The van der Waals surface area contributed by atoms with Gasteiger partial charge in [-0.15, -0.1) is 0 Å². The minimum atomic E-state index is -0.284. The van der Waals surface area contributed by atoms with Crippen molar-refractivity contribution in [2.75, 3.05) is 19.5 Å². The molecule has 1 aromatic heterocycles. The molecule has 0 aliphatic rings. The number of ether oxygens (including phenoxy) is 3. The van der Waals surface area contributed by atoms with Crippen LogP contribution in [-0.2, 0) is 0 Å². The molecule has 166 valence electrons. The Labute approximate surface area is 183 Å². The Bertz CT molecular complexity index is 1030. The monoisotopic (exact) mass is 425 g/mol. The molecule has 0 aliphatic heterocycles. The molecule has 3 rings (SSSR count). The van der Waals surface area contributed by atoms with E-state index in [2.05, 4.69) is 36.3 Å². The zero-order valence-electron chi connectivity index (χ0n) is 18.8. The number of nitrogens with zero attached hydrogens (tertiary/aromatic N) is 1. The molecular weight excluding hydrogens is 394 g/mol. The number of hydrogen-bond donors (Lipinski definition) is 2. The Balaban J connectivity index is 1.68.